The fourth-order valence-electron chi connectivity index (χ4n) is 2.60. The number of carboxylic acids is 1. The average molecular weight is 462 g/mol. The molecular formula is C27H57O2Ti. The van der Waals surface area contributed by atoms with Crippen LogP contribution in [0.2, 0.25) is 0 Å². The van der Waals surface area contributed by atoms with Crippen molar-refractivity contribution in [2.75, 3.05) is 0 Å². The molecule has 0 amide bonds. The Morgan fingerprint density at radius 2 is 0.833 bits per heavy atom. The average Bonchev–Trinajstić information content (AvgIpc) is 2.63. The minimum atomic E-state index is -0.654. The van der Waals surface area contributed by atoms with E-state index >= 15 is 0 Å². The van der Waals surface area contributed by atoms with E-state index in [0.29, 0.717) is 6.42 Å². The van der Waals surface area contributed by atoms with Gasteiger partial charge in [-0.2, -0.15) is 41.5 Å². The third kappa shape index (κ3) is 70.5. The third-order valence-electron chi connectivity index (χ3n) is 3.92. The number of unbranched alkanes of at least 4 members (excludes halogenated alkanes) is 11. The van der Waals surface area contributed by atoms with Gasteiger partial charge >= 0.3 is 27.7 Å². The van der Waals surface area contributed by atoms with Crippen molar-refractivity contribution < 1.29 is 31.6 Å². The Labute approximate surface area is 207 Å². The van der Waals surface area contributed by atoms with Crippen LogP contribution in [-0.4, -0.2) is 11.1 Å². The van der Waals surface area contributed by atoms with Gasteiger partial charge in [-0.1, -0.05) is 90.9 Å². The summed E-state index contributed by atoms with van der Waals surface area (Å²) < 4.78 is 0. The molecule has 0 heterocycles. The van der Waals surface area contributed by atoms with E-state index in [-0.39, 0.29) is 21.7 Å². The molecule has 0 aliphatic heterocycles. The molecule has 0 unspecified atom stereocenters. The van der Waals surface area contributed by atoms with Gasteiger partial charge in [-0.3, -0.25) is 4.79 Å². The zero-order chi connectivity index (χ0) is 23.2. The fourth-order valence-corrected chi connectivity index (χ4v) is 2.60. The van der Waals surface area contributed by atoms with Gasteiger partial charge in [-0.15, -0.1) is 0 Å². The minimum absolute atomic E-state index is 0. The molecule has 0 fully saturated rings. The van der Waals surface area contributed by atoms with Crippen LogP contribution in [-0.2, 0) is 26.5 Å². The van der Waals surface area contributed by atoms with E-state index in [1.807, 2.05) is 60.8 Å². The van der Waals surface area contributed by atoms with E-state index in [2.05, 4.69) is 13.8 Å². The number of carbonyl (C=O) groups is 1. The topological polar surface area (TPSA) is 37.3 Å². The van der Waals surface area contributed by atoms with Gasteiger partial charge in [0.15, 0.2) is 0 Å². The molecule has 0 spiro atoms. The summed E-state index contributed by atoms with van der Waals surface area (Å²) in [5, 5.41) is 8.52. The second-order valence-corrected chi connectivity index (χ2v) is 8.30. The van der Waals surface area contributed by atoms with Crippen LogP contribution in [0, 0.1) is 25.2 Å². The zero-order valence-electron chi connectivity index (χ0n) is 22.1. The van der Waals surface area contributed by atoms with Gasteiger partial charge < -0.3 is 24.4 Å². The molecule has 30 heavy (non-hydrogen) atoms. The zero-order valence-corrected chi connectivity index (χ0v) is 23.6. The third-order valence-corrected chi connectivity index (χ3v) is 3.92. The molecule has 0 aromatic rings. The van der Waals surface area contributed by atoms with Crippen molar-refractivity contribution in [3.63, 3.8) is 0 Å². The van der Waals surface area contributed by atoms with Crippen LogP contribution in [0.3, 0.4) is 0 Å². The monoisotopic (exact) mass is 461 g/mol. The predicted octanol–water partition coefficient (Wildman–Crippen LogP) is 9.88. The molecule has 3 heteroatoms. The molecular weight excluding hydrogens is 404 g/mol. The molecule has 0 saturated heterocycles. The Hall–Kier alpha value is 0.184. The molecule has 0 saturated carbocycles. The van der Waals surface area contributed by atoms with Crippen LogP contribution < -0.4 is 0 Å². The maximum Gasteiger partial charge on any atom is 3.00 e. The summed E-state index contributed by atoms with van der Waals surface area (Å²) in [6, 6.07) is 0. The van der Waals surface area contributed by atoms with Crippen molar-refractivity contribution in [2.24, 2.45) is 5.92 Å². The van der Waals surface area contributed by atoms with E-state index in [1.165, 1.54) is 70.6 Å². The van der Waals surface area contributed by atoms with Gasteiger partial charge in [0, 0.05) is 6.42 Å². The first-order chi connectivity index (χ1) is 13.9. The van der Waals surface area contributed by atoms with Crippen molar-refractivity contribution in [2.45, 2.75) is 145 Å². The normalized spacial score (nSPS) is 9.23. The van der Waals surface area contributed by atoms with Crippen molar-refractivity contribution in [1.82, 2.24) is 0 Å². The van der Waals surface area contributed by atoms with Crippen molar-refractivity contribution in [3.8, 4) is 0 Å². The molecule has 0 aromatic carbocycles. The first-order valence-electron chi connectivity index (χ1n) is 12.3. The standard InChI is InChI=1S/C18H36O2.3C3H7.Ti/c1-17(2)15-13-11-9-7-5-3-4-6-8-10-12-14-16-18(19)20;3*1-3-2;/h17H,3-16H2,1-2H3,(H,19,20);3*3H,1-2H3;/q;3*-1;+3. The van der Waals surface area contributed by atoms with Gasteiger partial charge in [0.25, 0.3) is 0 Å². The summed E-state index contributed by atoms with van der Waals surface area (Å²) in [6.45, 7) is 16.6. The first kappa shape index (κ1) is 40.5. The molecule has 1 N–H and O–H groups in total. The maximum absolute atomic E-state index is 10.3. The molecule has 0 bridgehead atoms. The molecule has 1 radical (unpaired) electrons. The first-order valence-corrected chi connectivity index (χ1v) is 12.3. The van der Waals surface area contributed by atoms with Gasteiger partial charge in [0.05, 0.1) is 0 Å². The molecule has 2 nitrogen and oxygen atoms in total. The van der Waals surface area contributed by atoms with Gasteiger partial charge in [0.1, 0.15) is 0 Å². The number of carboxylic acid groups (broad SMARTS) is 1. The Bertz CT molecular complexity index is 250. The molecule has 0 rings (SSSR count). The van der Waals surface area contributed by atoms with Crippen LogP contribution in [0.15, 0.2) is 0 Å². The quantitative estimate of drug-likeness (QED) is 0.150. The summed E-state index contributed by atoms with van der Waals surface area (Å²) in [6.07, 6.45) is 23.3. The van der Waals surface area contributed by atoms with Crippen LogP contribution in [0.1, 0.15) is 145 Å². The van der Waals surface area contributed by atoms with Crippen LogP contribution in [0.4, 0.5) is 0 Å². The van der Waals surface area contributed by atoms with Gasteiger partial charge in [-0.25, -0.2) is 0 Å². The van der Waals surface area contributed by atoms with Crippen LogP contribution in [0.25, 0.3) is 0 Å². The Balaban J connectivity index is -0.000000177. The summed E-state index contributed by atoms with van der Waals surface area (Å²) in [7, 11) is 0. The minimum Gasteiger partial charge on any atom is -0.481 e. The summed E-state index contributed by atoms with van der Waals surface area (Å²) in [5.41, 5.74) is 0. The number of hydrogen-bond donors (Lipinski definition) is 1. The fraction of sp³-hybridized carbons (Fsp3) is 0.852. The SMILES string of the molecule is CC(C)CCCCCCCCCCCCCCC(=O)O.C[CH-]C.C[CH-]C.C[CH-]C.[Ti+3]. The largest absolute Gasteiger partial charge is 3.00 e. The van der Waals surface area contributed by atoms with Gasteiger partial charge in [0.2, 0.25) is 0 Å². The Kier molecular flexibility index (Phi) is 58.3. The van der Waals surface area contributed by atoms with E-state index in [9.17, 15) is 4.79 Å². The molecule has 0 aliphatic carbocycles. The smallest absolute Gasteiger partial charge is 0.481 e. The number of hydrogen-bond acceptors (Lipinski definition) is 1. The predicted molar refractivity (Wildman–Crippen MR) is 134 cm³/mol. The van der Waals surface area contributed by atoms with E-state index < -0.39 is 5.97 Å². The maximum atomic E-state index is 10.3. The molecule has 0 atom stereocenters. The van der Waals surface area contributed by atoms with Crippen LogP contribution in [0.5, 0.6) is 0 Å². The number of aliphatic carboxylic acids is 1. The van der Waals surface area contributed by atoms with Crippen molar-refractivity contribution >= 4 is 5.97 Å². The van der Waals surface area contributed by atoms with Crippen LogP contribution >= 0.6 is 0 Å². The summed E-state index contributed by atoms with van der Waals surface area (Å²) >= 11 is 0. The molecule has 181 valence electrons. The van der Waals surface area contributed by atoms with E-state index in [0.717, 1.165) is 18.8 Å². The molecule has 0 aromatic heterocycles. The van der Waals surface area contributed by atoms with Gasteiger partial charge in [-0.05, 0) is 12.3 Å². The summed E-state index contributed by atoms with van der Waals surface area (Å²) in [5.74, 6) is 0.212. The van der Waals surface area contributed by atoms with Crippen molar-refractivity contribution in [1.29, 1.82) is 0 Å². The Morgan fingerprint density at radius 1 is 0.600 bits per heavy atom. The second-order valence-electron chi connectivity index (χ2n) is 8.30. The van der Waals surface area contributed by atoms with E-state index in [1.54, 1.807) is 0 Å². The second kappa shape index (κ2) is 43.1. The molecule has 0 aliphatic rings. The van der Waals surface area contributed by atoms with Crippen molar-refractivity contribution in [3.05, 3.63) is 19.3 Å². The summed E-state index contributed by atoms with van der Waals surface area (Å²) in [4.78, 5) is 10.3. The number of rotatable bonds is 15. The van der Waals surface area contributed by atoms with E-state index in [4.69, 9.17) is 5.11 Å². The Morgan fingerprint density at radius 3 is 1.07 bits per heavy atom.